The van der Waals surface area contributed by atoms with Gasteiger partial charge in [0, 0.05) is 64.1 Å². The molecule has 2 aromatic rings. The van der Waals surface area contributed by atoms with Gasteiger partial charge in [0.25, 0.3) is 0 Å². The Morgan fingerprint density at radius 2 is 1.82 bits per heavy atom. The highest BCUT2D eigenvalue weighted by atomic mass is 127. The molecule has 8 heteroatoms. The number of halogens is 1. The van der Waals surface area contributed by atoms with E-state index in [1.54, 1.807) is 0 Å². The van der Waals surface area contributed by atoms with E-state index in [2.05, 4.69) is 88.7 Å². The molecular formula is C26H40IN7. The summed E-state index contributed by atoms with van der Waals surface area (Å²) < 4.78 is 0. The van der Waals surface area contributed by atoms with Crippen LogP contribution in [0.4, 0.5) is 5.82 Å². The minimum atomic E-state index is 0. The van der Waals surface area contributed by atoms with E-state index in [9.17, 15) is 0 Å². The van der Waals surface area contributed by atoms with E-state index in [0.29, 0.717) is 18.6 Å². The molecule has 0 spiro atoms. The molecular weight excluding hydrogens is 537 g/mol. The zero-order chi connectivity index (χ0) is 23.0. The van der Waals surface area contributed by atoms with Crippen LogP contribution in [-0.2, 0) is 13.1 Å². The average Bonchev–Trinajstić information content (AvgIpc) is 3.17. The molecule has 7 nitrogen and oxygen atoms in total. The Balaban J connectivity index is 0.00000324. The standard InChI is InChI=1S/C26H39N7.HI/c1-4-27-26(30-24-16-21(2)33(20-24)19-22-8-6-5-7-9-22)29-18-23-10-11-25(28-17-23)32-14-12-31(3)13-15-32;/h5-11,17,21,24H,4,12-16,18-20H2,1-3H3,(H2,27,29,30);1H. The second-order valence-electron chi connectivity index (χ2n) is 9.35. The number of aromatic nitrogens is 1. The van der Waals surface area contributed by atoms with Gasteiger partial charge in [-0.1, -0.05) is 36.4 Å². The predicted molar refractivity (Wildman–Crippen MR) is 152 cm³/mol. The molecule has 0 aliphatic carbocycles. The number of likely N-dealkylation sites (N-methyl/N-ethyl adjacent to an activating group) is 1. The number of hydrogen-bond donors (Lipinski definition) is 2. The van der Waals surface area contributed by atoms with Crippen molar-refractivity contribution in [3.63, 3.8) is 0 Å². The summed E-state index contributed by atoms with van der Waals surface area (Å²) >= 11 is 0. The van der Waals surface area contributed by atoms with E-state index >= 15 is 0 Å². The van der Waals surface area contributed by atoms with Gasteiger partial charge in [-0.15, -0.1) is 24.0 Å². The molecule has 3 heterocycles. The van der Waals surface area contributed by atoms with Crippen LogP contribution in [0.15, 0.2) is 53.7 Å². The molecule has 0 radical (unpaired) electrons. The number of nitrogens with one attached hydrogen (secondary N) is 2. The second kappa shape index (κ2) is 13.3. The minimum Gasteiger partial charge on any atom is -0.357 e. The SMILES string of the molecule is CCNC(=NCc1ccc(N2CCN(C)CC2)nc1)NC1CC(C)N(Cc2ccccc2)C1.I. The molecule has 0 bridgehead atoms. The number of nitrogens with zero attached hydrogens (tertiary/aromatic N) is 5. The number of anilines is 1. The van der Waals surface area contributed by atoms with Crippen molar-refractivity contribution < 1.29 is 0 Å². The molecule has 34 heavy (non-hydrogen) atoms. The lowest BCUT2D eigenvalue weighted by Crippen LogP contribution is -2.44. The number of hydrogen-bond acceptors (Lipinski definition) is 5. The van der Waals surface area contributed by atoms with Gasteiger partial charge >= 0.3 is 0 Å². The van der Waals surface area contributed by atoms with Crippen LogP contribution in [0, 0.1) is 0 Å². The summed E-state index contributed by atoms with van der Waals surface area (Å²) in [6.45, 7) is 12.2. The van der Waals surface area contributed by atoms with Crippen LogP contribution in [0.5, 0.6) is 0 Å². The molecule has 2 atom stereocenters. The van der Waals surface area contributed by atoms with E-state index in [1.165, 1.54) is 5.56 Å². The van der Waals surface area contributed by atoms with E-state index in [0.717, 1.165) is 69.6 Å². The number of guanidine groups is 1. The summed E-state index contributed by atoms with van der Waals surface area (Å²) in [6.07, 6.45) is 3.10. The molecule has 2 N–H and O–H groups in total. The van der Waals surface area contributed by atoms with Crippen LogP contribution >= 0.6 is 24.0 Å². The van der Waals surface area contributed by atoms with Crippen molar-refractivity contribution in [2.24, 2.45) is 4.99 Å². The molecule has 2 unspecified atom stereocenters. The smallest absolute Gasteiger partial charge is 0.191 e. The number of aliphatic imine (C=N–C) groups is 1. The minimum absolute atomic E-state index is 0. The molecule has 1 aromatic heterocycles. The first kappa shape index (κ1) is 26.7. The first-order valence-corrected chi connectivity index (χ1v) is 12.3. The maximum absolute atomic E-state index is 4.85. The van der Waals surface area contributed by atoms with Crippen molar-refractivity contribution >= 4 is 35.8 Å². The van der Waals surface area contributed by atoms with E-state index in [-0.39, 0.29) is 24.0 Å². The normalized spacial score (nSPS) is 21.9. The van der Waals surface area contributed by atoms with Gasteiger partial charge in [-0.25, -0.2) is 9.98 Å². The molecule has 2 saturated heterocycles. The van der Waals surface area contributed by atoms with Gasteiger partial charge in [0.2, 0.25) is 0 Å². The fourth-order valence-corrected chi connectivity index (χ4v) is 4.66. The lowest BCUT2D eigenvalue weighted by atomic mass is 10.2. The van der Waals surface area contributed by atoms with E-state index < -0.39 is 0 Å². The monoisotopic (exact) mass is 577 g/mol. The van der Waals surface area contributed by atoms with Gasteiger partial charge in [0.1, 0.15) is 5.82 Å². The van der Waals surface area contributed by atoms with Crippen LogP contribution in [0.25, 0.3) is 0 Å². The molecule has 2 aliphatic rings. The molecule has 0 amide bonds. The van der Waals surface area contributed by atoms with Crippen molar-refractivity contribution in [1.82, 2.24) is 25.4 Å². The molecule has 186 valence electrons. The van der Waals surface area contributed by atoms with Gasteiger partial charge in [-0.05, 0) is 44.5 Å². The number of piperazine rings is 1. The topological polar surface area (TPSA) is 59.0 Å². The molecule has 2 aliphatic heterocycles. The summed E-state index contributed by atoms with van der Waals surface area (Å²) in [4.78, 5) is 16.8. The van der Waals surface area contributed by atoms with Crippen LogP contribution in [0.2, 0.25) is 0 Å². The zero-order valence-electron chi connectivity index (χ0n) is 20.8. The lowest BCUT2D eigenvalue weighted by molar-refractivity contribution is 0.258. The fourth-order valence-electron chi connectivity index (χ4n) is 4.66. The van der Waals surface area contributed by atoms with Crippen LogP contribution < -0.4 is 15.5 Å². The summed E-state index contributed by atoms with van der Waals surface area (Å²) in [5, 5.41) is 7.08. The molecule has 0 saturated carbocycles. The molecule has 2 fully saturated rings. The Hall–Kier alpha value is -1.91. The molecule has 4 rings (SSSR count). The fraction of sp³-hybridized carbons (Fsp3) is 0.538. The highest BCUT2D eigenvalue weighted by Gasteiger charge is 2.29. The Morgan fingerprint density at radius 3 is 2.50 bits per heavy atom. The Morgan fingerprint density at radius 1 is 1.06 bits per heavy atom. The maximum atomic E-state index is 4.85. The Labute approximate surface area is 222 Å². The second-order valence-corrected chi connectivity index (χ2v) is 9.35. The lowest BCUT2D eigenvalue weighted by Gasteiger charge is -2.33. The highest BCUT2D eigenvalue weighted by molar-refractivity contribution is 14.0. The first-order valence-electron chi connectivity index (χ1n) is 12.3. The summed E-state index contributed by atoms with van der Waals surface area (Å²) in [7, 11) is 2.18. The largest absolute Gasteiger partial charge is 0.357 e. The van der Waals surface area contributed by atoms with E-state index in [4.69, 9.17) is 9.98 Å². The number of rotatable bonds is 7. The third-order valence-electron chi connectivity index (χ3n) is 6.67. The van der Waals surface area contributed by atoms with Crippen molar-refractivity contribution in [2.75, 3.05) is 51.2 Å². The number of likely N-dealkylation sites (tertiary alicyclic amines) is 1. The third kappa shape index (κ3) is 7.55. The first-order chi connectivity index (χ1) is 16.1. The Bertz CT molecular complexity index is 882. The number of benzene rings is 1. The van der Waals surface area contributed by atoms with Crippen LogP contribution in [-0.4, -0.2) is 79.1 Å². The van der Waals surface area contributed by atoms with Crippen molar-refractivity contribution in [3.05, 3.63) is 59.8 Å². The average molecular weight is 578 g/mol. The van der Waals surface area contributed by atoms with Crippen molar-refractivity contribution in [2.45, 2.75) is 45.4 Å². The predicted octanol–water partition coefficient (Wildman–Crippen LogP) is 3.17. The van der Waals surface area contributed by atoms with Crippen molar-refractivity contribution in [1.29, 1.82) is 0 Å². The summed E-state index contributed by atoms with van der Waals surface area (Å²) in [6, 6.07) is 16.0. The van der Waals surface area contributed by atoms with Gasteiger partial charge in [-0.2, -0.15) is 0 Å². The quantitative estimate of drug-likeness (QED) is 0.300. The summed E-state index contributed by atoms with van der Waals surface area (Å²) in [5.74, 6) is 1.96. The maximum Gasteiger partial charge on any atom is 0.191 e. The van der Waals surface area contributed by atoms with Gasteiger partial charge in [0.15, 0.2) is 5.96 Å². The molecule has 1 aromatic carbocycles. The number of pyridine rings is 1. The van der Waals surface area contributed by atoms with Crippen LogP contribution in [0.3, 0.4) is 0 Å². The van der Waals surface area contributed by atoms with Crippen molar-refractivity contribution in [3.8, 4) is 0 Å². The third-order valence-corrected chi connectivity index (χ3v) is 6.67. The summed E-state index contributed by atoms with van der Waals surface area (Å²) in [5.41, 5.74) is 2.51. The highest BCUT2D eigenvalue weighted by Crippen LogP contribution is 2.20. The van der Waals surface area contributed by atoms with Gasteiger partial charge in [0.05, 0.1) is 6.54 Å². The van der Waals surface area contributed by atoms with E-state index in [1.807, 2.05) is 6.20 Å². The zero-order valence-corrected chi connectivity index (χ0v) is 23.1. The Kier molecular flexibility index (Phi) is 10.4. The van der Waals surface area contributed by atoms with Crippen LogP contribution in [0.1, 0.15) is 31.4 Å². The van der Waals surface area contributed by atoms with Gasteiger partial charge in [-0.3, -0.25) is 4.90 Å². The van der Waals surface area contributed by atoms with Gasteiger partial charge < -0.3 is 20.4 Å².